The number of rotatable bonds is 3. The van der Waals surface area contributed by atoms with Crippen LogP contribution in [0, 0.1) is 6.92 Å². The lowest BCUT2D eigenvalue weighted by atomic mass is 9.98. The second-order valence-electron chi connectivity index (χ2n) is 6.30. The number of piperidine rings is 1. The molecule has 1 aliphatic heterocycles. The van der Waals surface area contributed by atoms with Gasteiger partial charge in [0.25, 0.3) is 0 Å². The van der Waals surface area contributed by atoms with Crippen molar-refractivity contribution < 1.29 is 4.79 Å². The van der Waals surface area contributed by atoms with Gasteiger partial charge in [-0.15, -0.1) is 11.3 Å². The first-order valence-corrected chi connectivity index (χ1v) is 9.23. The van der Waals surface area contributed by atoms with Crippen molar-refractivity contribution in [2.24, 2.45) is 0 Å². The topological polar surface area (TPSA) is 50.5 Å². The Bertz CT molecular complexity index is 855. The Morgan fingerprint density at radius 1 is 1.38 bits per heavy atom. The number of likely N-dealkylation sites (tertiary alicyclic amines) is 1. The first-order valence-electron chi connectivity index (χ1n) is 8.35. The molecule has 0 aromatic carbocycles. The van der Waals surface area contributed by atoms with Gasteiger partial charge in [-0.2, -0.15) is 5.10 Å². The van der Waals surface area contributed by atoms with Crippen LogP contribution in [0.3, 0.4) is 0 Å². The number of hydrogen-bond acceptors (Lipinski definition) is 4. The van der Waals surface area contributed by atoms with Crippen molar-refractivity contribution in [2.75, 3.05) is 6.54 Å². The molecular weight excluding hydrogens is 320 g/mol. The van der Waals surface area contributed by atoms with Gasteiger partial charge in [-0.25, -0.2) is 9.50 Å². The molecule has 3 aromatic heterocycles. The third kappa shape index (κ3) is 2.94. The predicted octanol–water partition coefficient (Wildman–Crippen LogP) is 3.40. The number of carbonyl (C=O) groups excluding carboxylic acids is 1. The number of thiophene rings is 1. The number of amides is 1. The first-order chi connectivity index (χ1) is 11.7. The number of aromatic nitrogens is 3. The van der Waals surface area contributed by atoms with E-state index in [1.54, 1.807) is 15.9 Å². The van der Waals surface area contributed by atoms with Gasteiger partial charge in [-0.3, -0.25) is 4.79 Å². The summed E-state index contributed by atoms with van der Waals surface area (Å²) in [5.74, 6) is 0.202. The van der Waals surface area contributed by atoms with Crippen LogP contribution in [-0.2, 0) is 11.2 Å². The molecule has 1 amide bonds. The number of aryl methyl sites for hydroxylation is 1. The molecule has 24 heavy (non-hydrogen) atoms. The Hall–Kier alpha value is -2.21. The van der Waals surface area contributed by atoms with Crippen LogP contribution >= 0.6 is 11.3 Å². The summed E-state index contributed by atoms with van der Waals surface area (Å²) in [6.07, 6.45) is 5.62. The molecule has 4 heterocycles. The molecular formula is C18H20N4OS. The lowest BCUT2D eigenvalue weighted by molar-refractivity contribution is -0.134. The van der Waals surface area contributed by atoms with E-state index in [4.69, 9.17) is 4.98 Å². The molecule has 3 aromatic rings. The van der Waals surface area contributed by atoms with Gasteiger partial charge in [0.05, 0.1) is 23.9 Å². The minimum Gasteiger partial charge on any atom is -0.334 e. The fourth-order valence-corrected chi connectivity index (χ4v) is 4.10. The fraction of sp³-hybridized carbons (Fsp3) is 0.389. The normalized spacial score (nSPS) is 18.2. The summed E-state index contributed by atoms with van der Waals surface area (Å²) < 4.78 is 1.79. The summed E-state index contributed by atoms with van der Waals surface area (Å²) in [5.41, 5.74) is 2.77. The summed E-state index contributed by atoms with van der Waals surface area (Å²) in [4.78, 5) is 20.7. The Balaban J connectivity index is 1.61. The van der Waals surface area contributed by atoms with Gasteiger partial charge in [0.15, 0.2) is 5.65 Å². The molecule has 5 nitrogen and oxygen atoms in total. The molecule has 0 spiro atoms. The maximum atomic E-state index is 12.8. The van der Waals surface area contributed by atoms with E-state index in [9.17, 15) is 4.79 Å². The molecule has 1 aliphatic rings. The molecule has 0 radical (unpaired) electrons. The number of fused-ring (bicyclic) bond motifs is 1. The second-order valence-corrected chi connectivity index (χ2v) is 7.33. The van der Waals surface area contributed by atoms with Crippen LogP contribution < -0.4 is 0 Å². The van der Waals surface area contributed by atoms with Crippen molar-refractivity contribution in [3.63, 3.8) is 0 Å². The first kappa shape index (κ1) is 15.3. The maximum Gasteiger partial charge on any atom is 0.228 e. The molecule has 0 bridgehead atoms. The lowest BCUT2D eigenvalue weighted by Crippen LogP contribution is -2.39. The SMILES string of the molecule is Cc1cc2nc(C3CCCCN3C(=O)Cc3cccs3)ccn2n1. The third-order valence-corrected chi connectivity index (χ3v) is 5.41. The van der Waals surface area contributed by atoms with E-state index in [0.717, 1.165) is 47.7 Å². The van der Waals surface area contributed by atoms with Gasteiger partial charge in [-0.1, -0.05) is 6.07 Å². The van der Waals surface area contributed by atoms with Crippen molar-refractivity contribution in [3.05, 3.63) is 52.1 Å². The van der Waals surface area contributed by atoms with Gasteiger partial charge in [0.1, 0.15) is 0 Å². The highest BCUT2D eigenvalue weighted by atomic mass is 32.1. The minimum atomic E-state index is 0.0754. The Morgan fingerprint density at radius 2 is 2.29 bits per heavy atom. The van der Waals surface area contributed by atoms with Crippen molar-refractivity contribution >= 4 is 22.9 Å². The van der Waals surface area contributed by atoms with Gasteiger partial charge >= 0.3 is 0 Å². The van der Waals surface area contributed by atoms with E-state index in [2.05, 4.69) is 5.10 Å². The van der Waals surface area contributed by atoms with Crippen molar-refractivity contribution in [3.8, 4) is 0 Å². The van der Waals surface area contributed by atoms with Gasteiger partial charge < -0.3 is 4.90 Å². The van der Waals surface area contributed by atoms with E-state index in [1.165, 1.54) is 0 Å². The molecule has 0 N–H and O–H groups in total. The van der Waals surface area contributed by atoms with Crippen molar-refractivity contribution in [2.45, 2.75) is 38.6 Å². The summed E-state index contributed by atoms with van der Waals surface area (Å²) in [6.45, 7) is 2.78. The second kappa shape index (κ2) is 6.36. The molecule has 1 unspecified atom stereocenters. The minimum absolute atomic E-state index is 0.0754. The molecule has 1 atom stereocenters. The fourth-order valence-electron chi connectivity index (χ4n) is 3.40. The smallest absolute Gasteiger partial charge is 0.228 e. The van der Waals surface area contributed by atoms with Crippen LogP contribution in [0.2, 0.25) is 0 Å². The molecule has 1 fully saturated rings. The van der Waals surface area contributed by atoms with Gasteiger partial charge in [0.2, 0.25) is 5.91 Å². The van der Waals surface area contributed by atoms with E-state index in [-0.39, 0.29) is 11.9 Å². The van der Waals surface area contributed by atoms with Crippen molar-refractivity contribution in [1.82, 2.24) is 19.5 Å². The summed E-state index contributed by atoms with van der Waals surface area (Å²) in [5, 5.41) is 6.40. The zero-order chi connectivity index (χ0) is 16.5. The van der Waals surface area contributed by atoms with Crippen LogP contribution in [0.15, 0.2) is 35.8 Å². The van der Waals surface area contributed by atoms with E-state index < -0.39 is 0 Å². The highest BCUT2D eigenvalue weighted by molar-refractivity contribution is 7.10. The monoisotopic (exact) mass is 340 g/mol. The lowest BCUT2D eigenvalue weighted by Gasteiger charge is -2.35. The third-order valence-electron chi connectivity index (χ3n) is 4.54. The molecule has 0 aliphatic carbocycles. The van der Waals surface area contributed by atoms with Crippen LogP contribution in [0.25, 0.3) is 5.65 Å². The van der Waals surface area contributed by atoms with Crippen molar-refractivity contribution in [1.29, 1.82) is 0 Å². The highest BCUT2D eigenvalue weighted by Crippen LogP contribution is 2.31. The van der Waals surface area contributed by atoms with E-state index in [1.807, 2.05) is 47.7 Å². The highest BCUT2D eigenvalue weighted by Gasteiger charge is 2.29. The summed E-state index contributed by atoms with van der Waals surface area (Å²) >= 11 is 1.64. The largest absolute Gasteiger partial charge is 0.334 e. The molecule has 4 rings (SSSR count). The van der Waals surface area contributed by atoms with Crippen LogP contribution in [0.4, 0.5) is 0 Å². The summed E-state index contributed by atoms with van der Waals surface area (Å²) in [7, 11) is 0. The van der Waals surface area contributed by atoms with Gasteiger partial charge in [-0.05, 0) is 43.7 Å². The Labute approximate surface area is 144 Å². The number of carbonyl (C=O) groups is 1. The number of hydrogen-bond donors (Lipinski definition) is 0. The van der Waals surface area contributed by atoms with Crippen LogP contribution in [-0.4, -0.2) is 31.9 Å². The molecule has 1 saturated heterocycles. The summed E-state index contributed by atoms with van der Waals surface area (Å²) in [6, 6.07) is 8.08. The zero-order valence-corrected chi connectivity index (χ0v) is 14.5. The van der Waals surface area contributed by atoms with Crippen LogP contribution in [0.1, 0.15) is 41.6 Å². The molecule has 124 valence electrons. The van der Waals surface area contributed by atoms with Crippen LogP contribution in [0.5, 0.6) is 0 Å². The van der Waals surface area contributed by atoms with E-state index >= 15 is 0 Å². The van der Waals surface area contributed by atoms with Gasteiger partial charge in [0, 0.05) is 23.7 Å². The molecule has 0 saturated carbocycles. The Kier molecular flexibility index (Phi) is 4.06. The predicted molar refractivity (Wildman–Crippen MR) is 94.1 cm³/mol. The quantitative estimate of drug-likeness (QED) is 0.734. The Morgan fingerprint density at radius 3 is 3.12 bits per heavy atom. The van der Waals surface area contributed by atoms with E-state index in [0.29, 0.717) is 6.42 Å². The average molecular weight is 340 g/mol. The molecule has 6 heteroatoms. The standard InChI is InChI=1S/C18H20N4OS/c1-13-11-17-19-15(7-9-22(17)20-13)16-6-2-3-8-21(16)18(23)12-14-5-4-10-24-14/h4-5,7,9-11,16H,2-3,6,8,12H2,1H3. The zero-order valence-electron chi connectivity index (χ0n) is 13.7. The number of nitrogens with zero attached hydrogens (tertiary/aromatic N) is 4. The maximum absolute atomic E-state index is 12.8. The average Bonchev–Trinajstić information content (AvgIpc) is 3.22.